The molecule has 0 aliphatic carbocycles. The standard InChI is InChI=1S/C5H5NO2/c1-2-4-5(7)6-3-8-4/h2-4H,1H2. The van der Waals surface area contributed by atoms with Gasteiger partial charge in [-0.3, -0.25) is 4.79 Å². The average Bonchev–Trinajstić information content (AvgIpc) is 2.14. The molecule has 0 saturated heterocycles. The van der Waals surface area contributed by atoms with Gasteiger partial charge in [0.2, 0.25) is 0 Å². The van der Waals surface area contributed by atoms with E-state index in [2.05, 4.69) is 16.3 Å². The number of aliphatic imine (C=N–C) groups is 1. The third-order valence-electron chi connectivity index (χ3n) is 0.845. The van der Waals surface area contributed by atoms with E-state index in [-0.39, 0.29) is 5.91 Å². The molecule has 3 heteroatoms. The fraction of sp³-hybridized carbons (Fsp3) is 0.200. The van der Waals surface area contributed by atoms with E-state index in [4.69, 9.17) is 0 Å². The van der Waals surface area contributed by atoms with Crippen molar-refractivity contribution < 1.29 is 9.53 Å². The number of carbonyl (C=O) groups is 1. The fourth-order valence-electron chi connectivity index (χ4n) is 0.436. The van der Waals surface area contributed by atoms with Gasteiger partial charge in [-0.1, -0.05) is 6.58 Å². The first kappa shape index (κ1) is 5.03. The molecule has 1 aliphatic heterocycles. The lowest BCUT2D eigenvalue weighted by atomic mass is 10.3. The second kappa shape index (κ2) is 1.78. The second-order valence-corrected chi connectivity index (χ2v) is 1.37. The van der Waals surface area contributed by atoms with Gasteiger partial charge in [-0.05, 0) is 6.08 Å². The molecule has 1 atom stereocenters. The molecule has 0 fully saturated rings. The van der Waals surface area contributed by atoms with Crippen molar-refractivity contribution in [3.8, 4) is 0 Å². The van der Waals surface area contributed by atoms with Crippen molar-refractivity contribution in [3.63, 3.8) is 0 Å². The first-order valence-corrected chi connectivity index (χ1v) is 2.19. The van der Waals surface area contributed by atoms with E-state index in [1.165, 1.54) is 6.08 Å². The Bertz CT molecular complexity index is 151. The second-order valence-electron chi connectivity index (χ2n) is 1.37. The minimum atomic E-state index is -0.532. The third kappa shape index (κ3) is 0.621. The SMILES string of the molecule is C=CC1OC=NC1=O. The molecule has 1 heterocycles. The Morgan fingerprint density at radius 2 is 2.75 bits per heavy atom. The summed E-state index contributed by atoms with van der Waals surface area (Å²) in [7, 11) is 0. The van der Waals surface area contributed by atoms with Crippen molar-refractivity contribution in [2.75, 3.05) is 0 Å². The average molecular weight is 111 g/mol. The number of hydrogen-bond donors (Lipinski definition) is 0. The van der Waals surface area contributed by atoms with Crippen molar-refractivity contribution in [1.82, 2.24) is 0 Å². The highest BCUT2D eigenvalue weighted by atomic mass is 16.5. The molecule has 0 aromatic heterocycles. The van der Waals surface area contributed by atoms with Gasteiger partial charge in [0.15, 0.2) is 12.5 Å². The maximum absolute atomic E-state index is 10.4. The first-order chi connectivity index (χ1) is 3.84. The van der Waals surface area contributed by atoms with Crippen LogP contribution in [-0.2, 0) is 9.53 Å². The van der Waals surface area contributed by atoms with E-state index >= 15 is 0 Å². The Labute approximate surface area is 46.7 Å². The third-order valence-corrected chi connectivity index (χ3v) is 0.845. The molecular formula is C5H5NO2. The summed E-state index contributed by atoms with van der Waals surface area (Å²) in [5.74, 6) is -0.278. The van der Waals surface area contributed by atoms with E-state index < -0.39 is 6.10 Å². The highest BCUT2D eigenvalue weighted by Gasteiger charge is 2.17. The Balaban J connectivity index is 2.63. The van der Waals surface area contributed by atoms with Crippen LogP contribution in [0, 0.1) is 0 Å². The monoisotopic (exact) mass is 111 g/mol. The van der Waals surface area contributed by atoms with Crippen LogP contribution in [0.25, 0.3) is 0 Å². The minimum Gasteiger partial charge on any atom is -0.466 e. The highest BCUT2D eigenvalue weighted by Crippen LogP contribution is 2.00. The summed E-state index contributed by atoms with van der Waals surface area (Å²) in [6.45, 7) is 3.37. The molecule has 0 aromatic rings. The zero-order valence-corrected chi connectivity index (χ0v) is 4.20. The lowest BCUT2D eigenvalue weighted by molar-refractivity contribution is -0.120. The quantitative estimate of drug-likeness (QED) is 0.451. The van der Waals surface area contributed by atoms with Crippen molar-refractivity contribution in [1.29, 1.82) is 0 Å². The van der Waals surface area contributed by atoms with Gasteiger partial charge in [-0.15, -0.1) is 0 Å². The zero-order valence-electron chi connectivity index (χ0n) is 4.20. The van der Waals surface area contributed by atoms with Gasteiger partial charge in [-0.25, -0.2) is 0 Å². The minimum absolute atomic E-state index is 0.278. The fourth-order valence-corrected chi connectivity index (χ4v) is 0.436. The number of carbonyl (C=O) groups excluding carboxylic acids is 1. The maximum Gasteiger partial charge on any atom is 0.293 e. The number of ether oxygens (including phenoxy) is 1. The van der Waals surface area contributed by atoms with Crippen LogP contribution in [0.2, 0.25) is 0 Å². The molecule has 8 heavy (non-hydrogen) atoms. The normalized spacial score (nSPS) is 25.5. The first-order valence-electron chi connectivity index (χ1n) is 2.19. The van der Waals surface area contributed by atoms with Crippen molar-refractivity contribution >= 4 is 12.3 Å². The van der Waals surface area contributed by atoms with Gasteiger partial charge in [-0.2, -0.15) is 4.99 Å². The molecular weight excluding hydrogens is 106 g/mol. The predicted octanol–water partition coefficient (Wildman–Crippen LogP) is 0.126. The molecule has 1 aliphatic rings. The van der Waals surface area contributed by atoms with Crippen LogP contribution in [0.3, 0.4) is 0 Å². The van der Waals surface area contributed by atoms with Gasteiger partial charge in [0.25, 0.3) is 5.91 Å². The van der Waals surface area contributed by atoms with E-state index in [0.717, 1.165) is 6.40 Å². The number of hydrogen-bond acceptors (Lipinski definition) is 2. The summed E-state index contributed by atoms with van der Waals surface area (Å²) in [6.07, 6.45) is 2.01. The molecule has 0 radical (unpaired) electrons. The zero-order chi connectivity index (χ0) is 5.98. The van der Waals surface area contributed by atoms with E-state index in [1.54, 1.807) is 0 Å². The Morgan fingerprint density at radius 1 is 2.00 bits per heavy atom. The summed E-state index contributed by atoms with van der Waals surface area (Å²) in [5, 5.41) is 0. The topological polar surface area (TPSA) is 38.7 Å². The predicted molar refractivity (Wildman–Crippen MR) is 28.6 cm³/mol. The van der Waals surface area contributed by atoms with Crippen LogP contribution in [-0.4, -0.2) is 18.4 Å². The highest BCUT2D eigenvalue weighted by molar-refractivity contribution is 5.92. The number of nitrogens with zero attached hydrogens (tertiary/aromatic N) is 1. The lowest BCUT2D eigenvalue weighted by Crippen LogP contribution is -2.11. The molecule has 1 rings (SSSR count). The Kier molecular flexibility index (Phi) is 1.12. The summed E-state index contributed by atoms with van der Waals surface area (Å²) < 4.78 is 4.66. The molecule has 0 bridgehead atoms. The molecule has 0 N–H and O–H groups in total. The van der Waals surface area contributed by atoms with Crippen molar-refractivity contribution in [3.05, 3.63) is 12.7 Å². The lowest BCUT2D eigenvalue weighted by Gasteiger charge is -1.95. The van der Waals surface area contributed by atoms with Crippen LogP contribution < -0.4 is 0 Å². The van der Waals surface area contributed by atoms with Gasteiger partial charge in [0, 0.05) is 0 Å². The largest absolute Gasteiger partial charge is 0.466 e. The molecule has 42 valence electrons. The van der Waals surface area contributed by atoms with E-state index in [9.17, 15) is 4.79 Å². The van der Waals surface area contributed by atoms with E-state index in [0.29, 0.717) is 0 Å². The molecule has 0 saturated carbocycles. The van der Waals surface area contributed by atoms with Crippen LogP contribution in [0.5, 0.6) is 0 Å². The van der Waals surface area contributed by atoms with Gasteiger partial charge in [0.05, 0.1) is 0 Å². The molecule has 3 nitrogen and oxygen atoms in total. The van der Waals surface area contributed by atoms with Crippen LogP contribution in [0.15, 0.2) is 17.6 Å². The molecule has 1 amide bonds. The number of rotatable bonds is 1. The summed E-state index contributed by atoms with van der Waals surface area (Å²) >= 11 is 0. The van der Waals surface area contributed by atoms with E-state index in [1.807, 2.05) is 0 Å². The Hall–Kier alpha value is -1.12. The van der Waals surface area contributed by atoms with Crippen molar-refractivity contribution in [2.24, 2.45) is 4.99 Å². The summed E-state index contributed by atoms with van der Waals surface area (Å²) in [6, 6.07) is 0. The van der Waals surface area contributed by atoms with Crippen molar-refractivity contribution in [2.45, 2.75) is 6.10 Å². The van der Waals surface area contributed by atoms with Gasteiger partial charge >= 0.3 is 0 Å². The summed E-state index contributed by atoms with van der Waals surface area (Å²) in [4.78, 5) is 13.7. The Morgan fingerprint density at radius 3 is 3.00 bits per heavy atom. The van der Waals surface area contributed by atoms with Gasteiger partial charge in [0.1, 0.15) is 0 Å². The molecule has 0 spiro atoms. The van der Waals surface area contributed by atoms with Crippen LogP contribution in [0.1, 0.15) is 0 Å². The number of amides is 1. The smallest absolute Gasteiger partial charge is 0.293 e. The van der Waals surface area contributed by atoms with Gasteiger partial charge < -0.3 is 4.74 Å². The molecule has 0 aromatic carbocycles. The maximum atomic E-state index is 10.4. The summed E-state index contributed by atoms with van der Waals surface area (Å²) in [5.41, 5.74) is 0. The van der Waals surface area contributed by atoms with Crippen LogP contribution >= 0.6 is 0 Å². The molecule has 1 unspecified atom stereocenters. The van der Waals surface area contributed by atoms with Crippen LogP contribution in [0.4, 0.5) is 0 Å².